The van der Waals surface area contributed by atoms with Crippen LogP contribution in [0.1, 0.15) is 6.92 Å². The van der Waals surface area contributed by atoms with Gasteiger partial charge in [-0.25, -0.2) is 0 Å². The topological polar surface area (TPSA) is 124 Å². The molecule has 0 saturated heterocycles. The van der Waals surface area contributed by atoms with Gasteiger partial charge in [0.2, 0.25) is 0 Å². The van der Waals surface area contributed by atoms with Gasteiger partial charge in [0.25, 0.3) is 0 Å². The van der Waals surface area contributed by atoms with Crippen molar-refractivity contribution >= 4 is 0 Å². The number of aliphatic hydroxyl groups excluding tert-OH is 1. The lowest BCUT2D eigenvalue weighted by Crippen LogP contribution is -2.39. The molecule has 0 rings (SSSR count). The monoisotopic (exact) mass is 164 g/mol. The Morgan fingerprint density at radius 3 is 1.55 bits per heavy atom. The third-order valence-corrected chi connectivity index (χ3v) is 1.06. The first-order valence-electron chi connectivity index (χ1n) is 3.64. The van der Waals surface area contributed by atoms with Gasteiger partial charge in [0, 0.05) is 25.7 Å². The molecular formula is C6H20N4O. The summed E-state index contributed by atoms with van der Waals surface area (Å²) in [6.07, 6.45) is -0.481. The second kappa shape index (κ2) is 9.80. The van der Waals surface area contributed by atoms with Crippen LogP contribution in [0.3, 0.4) is 0 Å². The minimum atomic E-state index is -0.481. The van der Waals surface area contributed by atoms with Gasteiger partial charge >= 0.3 is 0 Å². The van der Waals surface area contributed by atoms with Crippen molar-refractivity contribution in [3.05, 3.63) is 0 Å². The molecule has 0 bridgehead atoms. The SMILES string of the molecule is CC(O)C(N)CN.NCCN. The largest absolute Gasteiger partial charge is 0.392 e. The lowest BCUT2D eigenvalue weighted by molar-refractivity contribution is 0.166. The number of hydrogen-bond acceptors (Lipinski definition) is 5. The molecule has 0 aromatic heterocycles. The molecule has 0 fully saturated rings. The van der Waals surface area contributed by atoms with Crippen molar-refractivity contribution in [2.75, 3.05) is 19.6 Å². The van der Waals surface area contributed by atoms with Gasteiger partial charge in [0.15, 0.2) is 0 Å². The molecule has 2 unspecified atom stereocenters. The highest BCUT2D eigenvalue weighted by molar-refractivity contribution is 4.66. The highest BCUT2D eigenvalue weighted by Crippen LogP contribution is 1.81. The first kappa shape index (κ1) is 13.4. The van der Waals surface area contributed by atoms with E-state index in [2.05, 4.69) is 0 Å². The first-order chi connectivity index (χ1) is 5.09. The Hall–Kier alpha value is -0.200. The van der Waals surface area contributed by atoms with Crippen LogP contribution in [0.4, 0.5) is 0 Å². The molecule has 0 aromatic carbocycles. The predicted octanol–water partition coefficient (Wildman–Crippen LogP) is -2.44. The third kappa shape index (κ3) is 12.9. The maximum Gasteiger partial charge on any atom is 0.0675 e. The van der Waals surface area contributed by atoms with E-state index in [0.29, 0.717) is 19.6 Å². The lowest BCUT2D eigenvalue weighted by Gasteiger charge is -2.09. The smallest absolute Gasteiger partial charge is 0.0675 e. The molecular weight excluding hydrogens is 144 g/mol. The normalized spacial score (nSPS) is 14.7. The fraction of sp³-hybridized carbons (Fsp3) is 1.00. The lowest BCUT2D eigenvalue weighted by atomic mass is 10.2. The van der Waals surface area contributed by atoms with E-state index < -0.39 is 6.10 Å². The van der Waals surface area contributed by atoms with Gasteiger partial charge in [-0.15, -0.1) is 0 Å². The van der Waals surface area contributed by atoms with E-state index in [9.17, 15) is 0 Å². The van der Waals surface area contributed by atoms with Gasteiger partial charge < -0.3 is 28.0 Å². The molecule has 0 aliphatic rings. The Morgan fingerprint density at radius 2 is 1.55 bits per heavy atom. The van der Waals surface area contributed by atoms with Crippen LogP contribution >= 0.6 is 0 Å². The number of aliphatic hydroxyl groups is 1. The molecule has 0 saturated carbocycles. The van der Waals surface area contributed by atoms with Gasteiger partial charge in [-0.3, -0.25) is 0 Å². The zero-order chi connectivity index (χ0) is 9.28. The Morgan fingerprint density at radius 1 is 1.18 bits per heavy atom. The zero-order valence-corrected chi connectivity index (χ0v) is 7.03. The molecule has 0 aliphatic carbocycles. The first-order valence-corrected chi connectivity index (χ1v) is 3.64. The summed E-state index contributed by atoms with van der Waals surface area (Å²) in [7, 11) is 0. The molecule has 5 heteroatoms. The van der Waals surface area contributed by atoms with Crippen LogP contribution in [0.2, 0.25) is 0 Å². The van der Waals surface area contributed by atoms with Crippen molar-refractivity contribution in [2.45, 2.75) is 19.1 Å². The molecule has 5 nitrogen and oxygen atoms in total. The van der Waals surface area contributed by atoms with Crippen LogP contribution in [0.25, 0.3) is 0 Å². The van der Waals surface area contributed by atoms with E-state index in [-0.39, 0.29) is 6.04 Å². The molecule has 11 heavy (non-hydrogen) atoms. The third-order valence-electron chi connectivity index (χ3n) is 1.06. The summed E-state index contributed by atoms with van der Waals surface area (Å²) >= 11 is 0. The Balaban J connectivity index is 0. The summed E-state index contributed by atoms with van der Waals surface area (Å²) in [4.78, 5) is 0. The van der Waals surface area contributed by atoms with Crippen LogP contribution in [-0.2, 0) is 0 Å². The molecule has 0 radical (unpaired) electrons. The van der Waals surface area contributed by atoms with Crippen LogP contribution < -0.4 is 22.9 Å². The molecule has 0 heterocycles. The standard InChI is InChI=1S/C4H12N2O.C2H8N2/c1-3(7)4(6)2-5;3-1-2-4/h3-4,7H,2,5-6H2,1H3;1-4H2. The van der Waals surface area contributed by atoms with Gasteiger partial charge in [-0.1, -0.05) is 0 Å². The van der Waals surface area contributed by atoms with Gasteiger partial charge in [0.05, 0.1) is 6.10 Å². The van der Waals surface area contributed by atoms with Crippen molar-refractivity contribution in [3.8, 4) is 0 Å². The highest BCUT2D eigenvalue weighted by atomic mass is 16.3. The van der Waals surface area contributed by atoms with E-state index in [1.807, 2.05) is 0 Å². The molecule has 2 atom stereocenters. The maximum atomic E-state index is 8.62. The second-order valence-corrected chi connectivity index (χ2v) is 2.22. The van der Waals surface area contributed by atoms with E-state index in [4.69, 9.17) is 28.0 Å². The second-order valence-electron chi connectivity index (χ2n) is 2.22. The fourth-order valence-electron chi connectivity index (χ4n) is 0.197. The summed E-state index contributed by atoms with van der Waals surface area (Å²) in [5, 5.41) is 8.62. The summed E-state index contributed by atoms with van der Waals surface area (Å²) in [6, 6.07) is -0.264. The molecule has 0 aliphatic heterocycles. The van der Waals surface area contributed by atoms with Crippen molar-refractivity contribution in [1.82, 2.24) is 0 Å². The van der Waals surface area contributed by atoms with Gasteiger partial charge in [-0.2, -0.15) is 0 Å². The van der Waals surface area contributed by atoms with Crippen molar-refractivity contribution in [1.29, 1.82) is 0 Å². The van der Waals surface area contributed by atoms with Gasteiger partial charge in [0.1, 0.15) is 0 Å². The average molecular weight is 164 g/mol. The quantitative estimate of drug-likeness (QED) is 0.317. The van der Waals surface area contributed by atoms with Crippen LogP contribution in [0.5, 0.6) is 0 Å². The molecule has 9 N–H and O–H groups in total. The van der Waals surface area contributed by atoms with Crippen LogP contribution in [-0.4, -0.2) is 36.9 Å². The summed E-state index contributed by atoms with van der Waals surface area (Å²) in [5.41, 5.74) is 20.1. The molecule has 0 amide bonds. The molecule has 0 spiro atoms. The maximum absolute atomic E-state index is 8.62. The Bertz CT molecular complexity index is 67.6. The van der Waals surface area contributed by atoms with E-state index >= 15 is 0 Å². The van der Waals surface area contributed by atoms with E-state index in [1.54, 1.807) is 6.92 Å². The van der Waals surface area contributed by atoms with Crippen LogP contribution in [0.15, 0.2) is 0 Å². The number of hydrogen-bond donors (Lipinski definition) is 5. The van der Waals surface area contributed by atoms with Crippen molar-refractivity contribution in [3.63, 3.8) is 0 Å². The van der Waals surface area contributed by atoms with Crippen molar-refractivity contribution < 1.29 is 5.11 Å². The minimum absolute atomic E-state index is 0.264. The molecule has 70 valence electrons. The van der Waals surface area contributed by atoms with E-state index in [1.165, 1.54) is 0 Å². The summed E-state index contributed by atoms with van der Waals surface area (Å²) in [5.74, 6) is 0. The Kier molecular flexibility index (Phi) is 11.9. The Labute approximate surface area is 67.7 Å². The zero-order valence-electron chi connectivity index (χ0n) is 7.03. The fourth-order valence-corrected chi connectivity index (χ4v) is 0.197. The number of nitrogens with two attached hydrogens (primary N) is 4. The predicted molar refractivity (Wildman–Crippen MR) is 46.8 cm³/mol. The number of rotatable bonds is 3. The molecule has 0 aromatic rings. The van der Waals surface area contributed by atoms with E-state index in [0.717, 1.165) is 0 Å². The van der Waals surface area contributed by atoms with Crippen LogP contribution in [0, 0.1) is 0 Å². The minimum Gasteiger partial charge on any atom is -0.392 e. The summed E-state index contributed by atoms with van der Waals surface area (Å²) < 4.78 is 0. The average Bonchev–Trinajstić information content (AvgIpc) is 2.03. The van der Waals surface area contributed by atoms with Gasteiger partial charge in [-0.05, 0) is 6.92 Å². The van der Waals surface area contributed by atoms with Crippen molar-refractivity contribution in [2.24, 2.45) is 22.9 Å². The summed E-state index contributed by atoms with van der Waals surface area (Å²) in [6.45, 7) is 3.16. The highest BCUT2D eigenvalue weighted by Gasteiger charge is 2.03.